The van der Waals surface area contributed by atoms with Crippen LogP contribution in [0.4, 0.5) is 0 Å². The van der Waals surface area contributed by atoms with Crippen LogP contribution in [-0.4, -0.2) is 18.2 Å². The van der Waals surface area contributed by atoms with Crippen LogP contribution in [0.1, 0.15) is 30.6 Å². The van der Waals surface area contributed by atoms with Crippen LogP contribution in [-0.2, 0) is 6.42 Å². The Hall–Kier alpha value is 0.426. The highest BCUT2D eigenvalue weighted by molar-refractivity contribution is 9.23. The SMILES string of the molecule is [Br][Mg][CH2]CCCCCc1cc2ccccc2s1. The fourth-order valence-electron chi connectivity index (χ4n) is 2.08. The lowest BCUT2D eigenvalue weighted by atomic mass is 10.1. The molecule has 2 aromatic rings. The van der Waals surface area contributed by atoms with E-state index in [2.05, 4.69) is 43.2 Å². The average molecular weight is 322 g/mol. The van der Waals surface area contributed by atoms with Gasteiger partial charge in [0.25, 0.3) is 0 Å². The van der Waals surface area contributed by atoms with Gasteiger partial charge in [-0.3, -0.25) is 0 Å². The summed E-state index contributed by atoms with van der Waals surface area (Å²) in [6, 6.07) is 11.1. The maximum Gasteiger partial charge on any atom is 0.468 e. The normalized spacial score (nSPS) is 10.6. The third-order valence-electron chi connectivity index (χ3n) is 3.03. The number of halogens is 1. The Morgan fingerprint density at radius 1 is 1.06 bits per heavy atom. The molecule has 0 bridgehead atoms. The molecule has 0 aliphatic carbocycles. The van der Waals surface area contributed by atoms with E-state index in [0.29, 0.717) is 0 Å². The zero-order valence-corrected chi connectivity index (χ0v) is 13.9. The van der Waals surface area contributed by atoms with Crippen molar-refractivity contribution in [2.45, 2.75) is 36.7 Å². The van der Waals surface area contributed by atoms with Crippen molar-refractivity contribution in [3.8, 4) is 0 Å². The molecule has 0 saturated carbocycles. The molecular formula is C14H17BrMgS. The van der Waals surface area contributed by atoms with Crippen molar-refractivity contribution in [2.24, 2.45) is 0 Å². The molecule has 0 atom stereocenters. The second-order valence-electron chi connectivity index (χ2n) is 4.46. The van der Waals surface area contributed by atoms with Crippen LogP contribution < -0.4 is 0 Å². The second-order valence-corrected chi connectivity index (χ2v) is 9.09. The third-order valence-corrected chi connectivity index (χ3v) is 6.66. The van der Waals surface area contributed by atoms with Crippen LogP contribution in [0.2, 0.25) is 4.55 Å². The summed E-state index contributed by atoms with van der Waals surface area (Å²) in [5, 5.41) is 1.41. The standard InChI is InChI=1S/C14H17S.BrH.Mg/c1-2-3-4-5-9-13-11-12-8-6-7-10-14(12)15-13;;/h6-8,10-11H,1-5,9H2;1H;/q;;+1/p-1. The maximum absolute atomic E-state index is 3.62. The molecule has 0 aliphatic rings. The van der Waals surface area contributed by atoms with Crippen LogP contribution >= 0.6 is 24.2 Å². The summed E-state index contributed by atoms with van der Waals surface area (Å²) < 4.78 is 2.90. The highest BCUT2D eigenvalue weighted by Gasteiger charge is 2.00. The van der Waals surface area contributed by atoms with E-state index in [4.69, 9.17) is 0 Å². The zero-order chi connectivity index (χ0) is 11.9. The van der Waals surface area contributed by atoms with Crippen LogP contribution in [0.15, 0.2) is 30.3 Å². The molecule has 0 unspecified atom stereocenters. The van der Waals surface area contributed by atoms with Crippen LogP contribution in [0.25, 0.3) is 10.1 Å². The van der Waals surface area contributed by atoms with Gasteiger partial charge in [0.15, 0.2) is 0 Å². The molecule has 1 aromatic carbocycles. The molecule has 0 saturated heterocycles. The molecule has 0 spiro atoms. The molecule has 17 heavy (non-hydrogen) atoms. The molecular weight excluding hydrogens is 304 g/mol. The Morgan fingerprint density at radius 3 is 2.71 bits per heavy atom. The first-order valence-corrected chi connectivity index (χ1v) is 12.1. The van der Waals surface area contributed by atoms with Crippen molar-refractivity contribution < 1.29 is 0 Å². The summed E-state index contributed by atoms with van der Waals surface area (Å²) in [4.78, 5) is 1.56. The summed E-state index contributed by atoms with van der Waals surface area (Å²) in [6.45, 7) is 0. The fraction of sp³-hybridized carbons (Fsp3) is 0.429. The van der Waals surface area contributed by atoms with E-state index in [1.54, 1.807) is 4.88 Å². The average Bonchev–Trinajstić information content (AvgIpc) is 2.76. The third kappa shape index (κ3) is 4.54. The van der Waals surface area contributed by atoms with Gasteiger partial charge in [-0.05, 0) is 30.4 Å². The van der Waals surface area contributed by atoms with E-state index in [1.807, 2.05) is 11.3 Å². The summed E-state index contributed by atoms with van der Waals surface area (Å²) in [6.07, 6.45) is 6.88. The first-order valence-electron chi connectivity index (χ1n) is 6.43. The van der Waals surface area contributed by atoms with Crippen molar-refractivity contribution in [3.63, 3.8) is 0 Å². The minimum Gasteiger partial charge on any atom is -0.307 e. The summed E-state index contributed by atoms with van der Waals surface area (Å²) in [5.41, 5.74) is 0. The van der Waals surface area contributed by atoms with Gasteiger partial charge in [-0.2, -0.15) is 0 Å². The molecule has 1 aromatic heterocycles. The number of fused-ring (bicyclic) bond motifs is 1. The Morgan fingerprint density at radius 2 is 1.88 bits per heavy atom. The molecule has 2 rings (SSSR count). The Kier molecular flexibility index (Phi) is 6.33. The Balaban J connectivity index is 1.75. The Bertz CT molecular complexity index is 419. The highest BCUT2D eigenvalue weighted by atomic mass is 79.9. The largest absolute Gasteiger partial charge is 0.468 e. The number of benzene rings is 1. The minimum absolute atomic E-state index is 0.127. The molecule has 0 amide bonds. The molecule has 0 nitrogen and oxygen atoms in total. The topological polar surface area (TPSA) is 0 Å². The van der Waals surface area contributed by atoms with Crippen molar-refractivity contribution >= 4 is 52.5 Å². The van der Waals surface area contributed by atoms with Gasteiger partial charge < -0.3 is 12.9 Å². The second kappa shape index (κ2) is 7.77. The smallest absolute Gasteiger partial charge is 0.307 e. The van der Waals surface area contributed by atoms with Crippen LogP contribution in [0.3, 0.4) is 0 Å². The van der Waals surface area contributed by atoms with Crippen LogP contribution in [0, 0.1) is 0 Å². The number of unbranched alkanes of at least 4 members (excludes halogenated alkanes) is 3. The van der Waals surface area contributed by atoms with Crippen molar-refractivity contribution in [2.75, 3.05) is 0 Å². The van der Waals surface area contributed by atoms with E-state index < -0.39 is 0 Å². The predicted molar refractivity (Wildman–Crippen MR) is 83.5 cm³/mol. The van der Waals surface area contributed by atoms with Crippen molar-refractivity contribution in [3.05, 3.63) is 35.2 Å². The zero-order valence-electron chi connectivity index (χ0n) is 10.1. The van der Waals surface area contributed by atoms with Gasteiger partial charge in [-0.1, -0.05) is 37.5 Å². The Labute approximate surface area is 123 Å². The van der Waals surface area contributed by atoms with Gasteiger partial charge in [0.05, 0.1) is 0 Å². The molecule has 0 aliphatic heterocycles. The quantitative estimate of drug-likeness (QED) is 0.471. The monoisotopic (exact) mass is 320 g/mol. The number of aryl methyl sites for hydroxylation is 1. The van der Waals surface area contributed by atoms with Crippen molar-refractivity contribution in [1.82, 2.24) is 0 Å². The van der Waals surface area contributed by atoms with Gasteiger partial charge in [0.1, 0.15) is 0 Å². The van der Waals surface area contributed by atoms with E-state index in [1.165, 1.54) is 46.7 Å². The first-order chi connectivity index (χ1) is 8.40. The maximum atomic E-state index is 3.62. The highest BCUT2D eigenvalue weighted by Crippen LogP contribution is 2.26. The van der Waals surface area contributed by atoms with Crippen molar-refractivity contribution in [1.29, 1.82) is 0 Å². The predicted octanol–water partition coefficient (Wildman–Crippen LogP) is 5.44. The van der Waals surface area contributed by atoms with Crippen LogP contribution in [0.5, 0.6) is 0 Å². The summed E-state index contributed by atoms with van der Waals surface area (Å²) in [7, 11) is 0. The lowest BCUT2D eigenvalue weighted by Crippen LogP contribution is -1.83. The molecule has 1 heterocycles. The number of thiophene rings is 1. The number of hydrogen-bond acceptors (Lipinski definition) is 1. The molecule has 0 radical (unpaired) electrons. The lowest BCUT2D eigenvalue weighted by molar-refractivity contribution is 0.670. The van der Waals surface area contributed by atoms with Gasteiger partial charge >= 0.3 is 18.2 Å². The van der Waals surface area contributed by atoms with E-state index >= 15 is 0 Å². The fourth-order valence-corrected chi connectivity index (χ4v) is 4.92. The lowest BCUT2D eigenvalue weighted by Gasteiger charge is -1.98. The first kappa shape index (κ1) is 13.8. The van der Waals surface area contributed by atoms with E-state index in [0.717, 1.165) is 0 Å². The summed E-state index contributed by atoms with van der Waals surface area (Å²) >= 11 is 5.71. The number of hydrogen-bond donors (Lipinski definition) is 0. The van der Waals surface area contributed by atoms with Gasteiger partial charge in [0, 0.05) is 9.58 Å². The minimum atomic E-state index is 0.127. The molecule has 0 fully saturated rings. The molecule has 88 valence electrons. The van der Waals surface area contributed by atoms with Gasteiger partial charge in [0.2, 0.25) is 0 Å². The summed E-state index contributed by atoms with van der Waals surface area (Å²) in [5.74, 6) is 0. The number of rotatable bonds is 7. The van der Waals surface area contributed by atoms with E-state index in [9.17, 15) is 0 Å². The molecule has 3 heteroatoms. The van der Waals surface area contributed by atoms with E-state index in [-0.39, 0.29) is 18.2 Å². The van der Waals surface area contributed by atoms with Gasteiger partial charge in [-0.15, -0.1) is 15.9 Å². The molecule has 0 N–H and O–H groups in total. The van der Waals surface area contributed by atoms with Gasteiger partial charge in [-0.25, -0.2) is 0 Å².